The van der Waals surface area contributed by atoms with Gasteiger partial charge in [-0.1, -0.05) is 24.3 Å². The van der Waals surface area contributed by atoms with E-state index in [1.165, 1.54) is 12.3 Å². The molecule has 5 nitrogen and oxygen atoms in total. The van der Waals surface area contributed by atoms with Crippen molar-refractivity contribution >= 4 is 22.4 Å². The molecule has 3 heterocycles. The van der Waals surface area contributed by atoms with Crippen molar-refractivity contribution in [2.45, 2.75) is 18.9 Å². The number of hydrogen-bond acceptors (Lipinski definition) is 4. The molecule has 0 saturated heterocycles. The summed E-state index contributed by atoms with van der Waals surface area (Å²) in [6.07, 6.45) is 4.15. The van der Waals surface area contributed by atoms with Crippen molar-refractivity contribution in [3.05, 3.63) is 101 Å². The zero-order valence-corrected chi connectivity index (χ0v) is 20.6. The van der Waals surface area contributed by atoms with Crippen LogP contribution in [0.15, 0.2) is 60.8 Å². The third-order valence-corrected chi connectivity index (χ3v) is 7.04. The summed E-state index contributed by atoms with van der Waals surface area (Å²) in [4.78, 5) is 18.0. The van der Waals surface area contributed by atoms with Crippen molar-refractivity contribution in [2.75, 3.05) is 19.8 Å². The van der Waals surface area contributed by atoms with Gasteiger partial charge in [0.15, 0.2) is 11.6 Å². The van der Waals surface area contributed by atoms with Crippen LogP contribution >= 0.6 is 0 Å². The number of amides is 1. The van der Waals surface area contributed by atoms with Gasteiger partial charge in [0.1, 0.15) is 17.4 Å². The van der Waals surface area contributed by atoms with Crippen LogP contribution in [0.25, 0.3) is 27.6 Å². The number of fused-ring (bicyclic) bond motifs is 2. The van der Waals surface area contributed by atoms with E-state index in [0.717, 1.165) is 23.3 Å². The monoisotopic (exact) mass is 534 g/mol. The highest BCUT2D eigenvalue weighted by Crippen LogP contribution is 2.39. The number of carbonyl (C=O) groups excluding carboxylic acids is 1. The molecule has 0 unspecified atom stereocenters. The van der Waals surface area contributed by atoms with Crippen LogP contribution in [-0.4, -0.2) is 30.7 Å². The van der Waals surface area contributed by atoms with Gasteiger partial charge in [0, 0.05) is 46.3 Å². The molecular formula is C30H22F4N2O3. The smallest absolute Gasteiger partial charge is 0.253 e. The zero-order chi connectivity index (χ0) is 27.1. The Balaban J connectivity index is 1.52. The van der Waals surface area contributed by atoms with Gasteiger partial charge in [-0.2, -0.15) is 0 Å². The second-order valence-corrected chi connectivity index (χ2v) is 9.37. The van der Waals surface area contributed by atoms with Gasteiger partial charge in [0.2, 0.25) is 0 Å². The third kappa shape index (κ3) is 4.52. The molecule has 1 atom stereocenters. The van der Waals surface area contributed by atoms with E-state index in [2.05, 4.69) is 10.3 Å². The minimum absolute atomic E-state index is 0.0192. The third-order valence-electron chi connectivity index (χ3n) is 7.04. The van der Waals surface area contributed by atoms with Crippen LogP contribution in [0, 0.1) is 23.3 Å². The summed E-state index contributed by atoms with van der Waals surface area (Å²) in [6.45, 7) is 1.15. The van der Waals surface area contributed by atoms with Gasteiger partial charge >= 0.3 is 0 Å². The second-order valence-electron chi connectivity index (χ2n) is 9.37. The van der Waals surface area contributed by atoms with Crippen LogP contribution in [0.2, 0.25) is 0 Å². The lowest BCUT2D eigenvalue weighted by Crippen LogP contribution is -2.33. The highest BCUT2D eigenvalue weighted by atomic mass is 19.2. The zero-order valence-electron chi connectivity index (χ0n) is 20.6. The second kappa shape index (κ2) is 10.1. The standard InChI is InChI=1S/C30H22F4N2O3/c31-17-13-20(28(34)23(33)14-17)27-22(32)6-5-19-26(16-7-10-38-11-8-16)21(15-35-29(19)27)30(37)36-24-9-12-39-25-4-2-1-3-18(24)25/h1-7,13-15,24H,8-12H2,(H,36,37)/t24-/m0/s1. The fraction of sp³-hybridized carbons (Fsp3) is 0.200. The van der Waals surface area contributed by atoms with Crippen molar-refractivity contribution in [1.82, 2.24) is 10.3 Å². The summed E-state index contributed by atoms with van der Waals surface area (Å²) in [7, 11) is 0. The number of aromatic nitrogens is 1. The highest BCUT2D eigenvalue weighted by molar-refractivity contribution is 6.08. The maximum absolute atomic E-state index is 15.2. The van der Waals surface area contributed by atoms with Gasteiger partial charge in [0.05, 0.1) is 36.9 Å². The first-order chi connectivity index (χ1) is 18.9. The molecule has 2 aliphatic heterocycles. The average molecular weight is 535 g/mol. The lowest BCUT2D eigenvalue weighted by atomic mass is 9.90. The normalized spacial score (nSPS) is 16.8. The number of hydrogen-bond donors (Lipinski definition) is 1. The number of nitrogens with zero attached hydrogens (tertiary/aromatic N) is 1. The van der Waals surface area contributed by atoms with E-state index in [-0.39, 0.29) is 22.7 Å². The Hall–Kier alpha value is -4.24. The summed E-state index contributed by atoms with van der Waals surface area (Å²) >= 11 is 0. The first-order valence-corrected chi connectivity index (χ1v) is 12.5. The topological polar surface area (TPSA) is 60.5 Å². The molecule has 0 radical (unpaired) electrons. The number of para-hydroxylation sites is 1. The summed E-state index contributed by atoms with van der Waals surface area (Å²) in [5.41, 5.74) is 1.35. The number of pyridine rings is 1. The SMILES string of the molecule is O=C(N[C@H]1CCOc2ccccc21)c1cnc2c(-c3cc(F)cc(F)c3F)c(F)ccc2c1C1=CCOCC1. The van der Waals surface area contributed by atoms with E-state index in [0.29, 0.717) is 55.4 Å². The number of benzene rings is 3. The van der Waals surface area contributed by atoms with Crippen molar-refractivity contribution in [2.24, 2.45) is 0 Å². The van der Waals surface area contributed by atoms with Crippen LogP contribution in [0.1, 0.15) is 40.4 Å². The molecule has 0 aliphatic carbocycles. The lowest BCUT2D eigenvalue weighted by Gasteiger charge is -2.27. The van der Waals surface area contributed by atoms with E-state index in [1.54, 1.807) is 0 Å². The van der Waals surface area contributed by atoms with Crippen molar-refractivity contribution < 1.29 is 31.8 Å². The van der Waals surface area contributed by atoms with Crippen LogP contribution < -0.4 is 10.1 Å². The molecule has 0 spiro atoms. The molecule has 39 heavy (non-hydrogen) atoms. The quantitative estimate of drug-likeness (QED) is 0.239. The van der Waals surface area contributed by atoms with E-state index >= 15 is 4.39 Å². The molecule has 0 bridgehead atoms. The summed E-state index contributed by atoms with van der Waals surface area (Å²) < 4.78 is 69.2. The number of nitrogens with one attached hydrogen (secondary N) is 1. The van der Waals surface area contributed by atoms with Gasteiger partial charge < -0.3 is 14.8 Å². The van der Waals surface area contributed by atoms with Gasteiger partial charge in [-0.25, -0.2) is 17.6 Å². The molecule has 1 amide bonds. The molecule has 9 heteroatoms. The van der Waals surface area contributed by atoms with E-state index < -0.39 is 34.7 Å². The Bertz CT molecular complexity index is 1650. The molecular weight excluding hydrogens is 512 g/mol. The molecule has 0 fully saturated rings. The molecule has 198 valence electrons. The lowest BCUT2D eigenvalue weighted by molar-refractivity contribution is 0.0924. The van der Waals surface area contributed by atoms with Crippen molar-refractivity contribution in [1.29, 1.82) is 0 Å². The Morgan fingerprint density at radius 1 is 0.974 bits per heavy atom. The fourth-order valence-electron chi connectivity index (χ4n) is 5.24. The molecule has 0 saturated carbocycles. The number of rotatable bonds is 4. The maximum atomic E-state index is 15.2. The van der Waals surface area contributed by atoms with Crippen LogP contribution in [-0.2, 0) is 4.74 Å². The Kier molecular flexibility index (Phi) is 6.52. The average Bonchev–Trinajstić information content (AvgIpc) is 2.95. The maximum Gasteiger partial charge on any atom is 0.253 e. The number of halogens is 4. The predicted molar refractivity (Wildman–Crippen MR) is 137 cm³/mol. The minimum Gasteiger partial charge on any atom is -0.493 e. The highest BCUT2D eigenvalue weighted by Gasteiger charge is 2.28. The Morgan fingerprint density at radius 2 is 1.82 bits per heavy atom. The first-order valence-electron chi connectivity index (χ1n) is 12.5. The first kappa shape index (κ1) is 25.1. The molecule has 4 aromatic rings. The number of ether oxygens (including phenoxy) is 2. The Morgan fingerprint density at radius 3 is 2.64 bits per heavy atom. The minimum atomic E-state index is -1.44. The van der Waals surface area contributed by atoms with Gasteiger partial charge in [-0.3, -0.25) is 9.78 Å². The van der Waals surface area contributed by atoms with Gasteiger partial charge in [-0.15, -0.1) is 0 Å². The van der Waals surface area contributed by atoms with E-state index in [4.69, 9.17) is 9.47 Å². The number of carbonyl (C=O) groups is 1. The van der Waals surface area contributed by atoms with E-state index in [9.17, 15) is 18.0 Å². The molecule has 6 rings (SSSR count). The molecule has 2 aliphatic rings. The molecule has 3 aromatic carbocycles. The largest absolute Gasteiger partial charge is 0.493 e. The van der Waals surface area contributed by atoms with Crippen LogP contribution in [0.4, 0.5) is 17.6 Å². The van der Waals surface area contributed by atoms with Gasteiger partial charge in [0.25, 0.3) is 5.91 Å². The van der Waals surface area contributed by atoms with Crippen molar-refractivity contribution in [3.63, 3.8) is 0 Å². The summed E-state index contributed by atoms with van der Waals surface area (Å²) in [6, 6.07) is 10.8. The van der Waals surface area contributed by atoms with Gasteiger partial charge in [-0.05, 0) is 36.3 Å². The van der Waals surface area contributed by atoms with Crippen LogP contribution in [0.5, 0.6) is 5.75 Å². The molecule has 1 aromatic heterocycles. The predicted octanol–water partition coefficient (Wildman–Crippen LogP) is 6.52. The van der Waals surface area contributed by atoms with E-state index in [1.807, 2.05) is 30.3 Å². The summed E-state index contributed by atoms with van der Waals surface area (Å²) in [5, 5.41) is 3.42. The van der Waals surface area contributed by atoms with Crippen molar-refractivity contribution in [3.8, 4) is 16.9 Å². The van der Waals surface area contributed by atoms with Crippen LogP contribution in [0.3, 0.4) is 0 Å². The Labute approximate surface area is 221 Å². The molecule has 1 N–H and O–H groups in total. The summed E-state index contributed by atoms with van der Waals surface area (Å²) in [5.74, 6) is -4.50. The fourth-order valence-corrected chi connectivity index (χ4v) is 5.24.